The van der Waals surface area contributed by atoms with Crippen molar-refractivity contribution in [2.24, 2.45) is 5.73 Å². The highest BCUT2D eigenvalue weighted by Gasteiger charge is 2.26. The van der Waals surface area contributed by atoms with Crippen LogP contribution in [0.5, 0.6) is 11.5 Å². The van der Waals surface area contributed by atoms with Crippen LogP contribution in [0.2, 0.25) is 0 Å². The van der Waals surface area contributed by atoms with Crippen molar-refractivity contribution >= 4 is 15.9 Å². The molecule has 1 aliphatic carbocycles. The number of nitrogens with two attached hydrogens (primary N) is 1. The molecule has 2 atom stereocenters. The lowest BCUT2D eigenvalue weighted by Gasteiger charge is -2.29. The van der Waals surface area contributed by atoms with Crippen LogP contribution in [0.25, 0.3) is 0 Å². The van der Waals surface area contributed by atoms with Gasteiger partial charge >= 0.3 is 0 Å². The van der Waals surface area contributed by atoms with E-state index in [1.54, 1.807) is 7.11 Å². The van der Waals surface area contributed by atoms with Gasteiger partial charge in [-0.15, -0.1) is 0 Å². The summed E-state index contributed by atoms with van der Waals surface area (Å²) in [5.74, 6) is 1.29. The van der Waals surface area contributed by atoms with Gasteiger partial charge in [0.1, 0.15) is 6.10 Å². The third-order valence-corrected chi connectivity index (χ3v) is 4.05. The average molecular weight is 330 g/mol. The van der Waals surface area contributed by atoms with Gasteiger partial charge in [-0.1, -0.05) is 6.42 Å². The second-order valence-corrected chi connectivity index (χ2v) is 5.68. The Labute approximate surface area is 122 Å². The third-order valence-electron chi connectivity index (χ3n) is 3.46. The summed E-state index contributed by atoms with van der Waals surface area (Å²) in [4.78, 5) is 0. The Hall–Kier alpha value is -0.780. The van der Waals surface area contributed by atoms with Crippen LogP contribution in [0.1, 0.15) is 31.2 Å². The van der Waals surface area contributed by atoms with Crippen LogP contribution < -0.4 is 15.2 Å². The molecule has 106 valence electrons. The van der Waals surface area contributed by atoms with Crippen molar-refractivity contribution in [3.63, 3.8) is 0 Å². The summed E-state index contributed by atoms with van der Waals surface area (Å²) in [6, 6.07) is 3.79. The van der Waals surface area contributed by atoms with Crippen LogP contribution in [0.15, 0.2) is 16.6 Å². The Kier molecular flexibility index (Phi) is 5.07. The van der Waals surface area contributed by atoms with E-state index in [1.807, 2.05) is 12.1 Å². The number of aliphatic hydroxyl groups is 1. The van der Waals surface area contributed by atoms with Gasteiger partial charge in [0.2, 0.25) is 0 Å². The summed E-state index contributed by atoms with van der Waals surface area (Å²) in [6.07, 6.45) is 3.25. The fourth-order valence-electron chi connectivity index (χ4n) is 2.37. The topological polar surface area (TPSA) is 64.7 Å². The highest BCUT2D eigenvalue weighted by atomic mass is 79.9. The molecule has 1 aromatic carbocycles. The highest BCUT2D eigenvalue weighted by Crippen LogP contribution is 2.38. The second kappa shape index (κ2) is 6.59. The highest BCUT2D eigenvalue weighted by molar-refractivity contribution is 9.10. The first-order valence-corrected chi connectivity index (χ1v) is 7.36. The van der Waals surface area contributed by atoms with E-state index in [1.165, 1.54) is 0 Å². The Balaban J connectivity index is 2.23. The third kappa shape index (κ3) is 3.41. The van der Waals surface area contributed by atoms with E-state index in [0.717, 1.165) is 35.7 Å². The molecule has 4 nitrogen and oxygen atoms in total. The zero-order chi connectivity index (χ0) is 13.8. The molecule has 1 aromatic rings. The van der Waals surface area contributed by atoms with E-state index >= 15 is 0 Å². The SMILES string of the molecule is COc1cc(CN)cc(Br)c1OC1CCCCC1O. The Bertz CT molecular complexity index is 439. The van der Waals surface area contributed by atoms with Crippen LogP contribution in [0.3, 0.4) is 0 Å². The van der Waals surface area contributed by atoms with E-state index in [-0.39, 0.29) is 6.10 Å². The normalized spacial score (nSPS) is 23.2. The van der Waals surface area contributed by atoms with Gasteiger partial charge in [0.05, 0.1) is 17.7 Å². The smallest absolute Gasteiger partial charge is 0.175 e. The fourth-order valence-corrected chi connectivity index (χ4v) is 2.95. The molecule has 2 unspecified atom stereocenters. The van der Waals surface area contributed by atoms with E-state index in [4.69, 9.17) is 15.2 Å². The molecule has 19 heavy (non-hydrogen) atoms. The van der Waals surface area contributed by atoms with Crippen molar-refractivity contribution in [2.75, 3.05) is 7.11 Å². The van der Waals surface area contributed by atoms with Crippen molar-refractivity contribution in [1.29, 1.82) is 0 Å². The first-order valence-electron chi connectivity index (χ1n) is 6.57. The van der Waals surface area contributed by atoms with Crippen LogP contribution in [-0.2, 0) is 6.54 Å². The van der Waals surface area contributed by atoms with Crippen LogP contribution >= 0.6 is 15.9 Å². The number of hydrogen-bond donors (Lipinski definition) is 2. The summed E-state index contributed by atoms with van der Waals surface area (Å²) < 4.78 is 12.1. The Morgan fingerprint density at radius 3 is 2.74 bits per heavy atom. The molecule has 0 radical (unpaired) electrons. The predicted molar refractivity (Wildman–Crippen MR) is 77.5 cm³/mol. The first kappa shape index (κ1) is 14.6. The monoisotopic (exact) mass is 329 g/mol. The number of hydrogen-bond acceptors (Lipinski definition) is 4. The Morgan fingerprint density at radius 1 is 1.37 bits per heavy atom. The molecular weight excluding hydrogens is 310 g/mol. The summed E-state index contributed by atoms with van der Waals surface area (Å²) in [5, 5.41) is 9.98. The minimum absolute atomic E-state index is 0.164. The number of methoxy groups -OCH3 is 1. The maximum atomic E-state index is 9.98. The van der Waals surface area contributed by atoms with Gasteiger partial charge in [0.25, 0.3) is 0 Å². The van der Waals surface area contributed by atoms with Crippen molar-refractivity contribution in [3.8, 4) is 11.5 Å². The molecule has 1 aliphatic rings. The van der Waals surface area contributed by atoms with Crippen molar-refractivity contribution in [2.45, 2.75) is 44.4 Å². The summed E-state index contributed by atoms with van der Waals surface area (Å²) in [6.45, 7) is 0.446. The first-order chi connectivity index (χ1) is 9.15. The molecule has 0 aromatic heterocycles. The van der Waals surface area contributed by atoms with Crippen LogP contribution in [0, 0.1) is 0 Å². The van der Waals surface area contributed by atoms with Gasteiger partial charge in [0.15, 0.2) is 11.5 Å². The Morgan fingerprint density at radius 2 is 2.11 bits per heavy atom. The zero-order valence-electron chi connectivity index (χ0n) is 11.1. The number of ether oxygens (including phenoxy) is 2. The molecule has 0 bridgehead atoms. The lowest BCUT2D eigenvalue weighted by molar-refractivity contribution is 0.00526. The molecule has 0 aliphatic heterocycles. The lowest BCUT2D eigenvalue weighted by Crippen LogP contribution is -2.34. The second-order valence-electron chi connectivity index (χ2n) is 4.82. The van der Waals surface area contributed by atoms with Gasteiger partial charge in [0, 0.05) is 6.54 Å². The van der Waals surface area contributed by atoms with Crippen molar-refractivity contribution < 1.29 is 14.6 Å². The predicted octanol–water partition coefficient (Wildman–Crippen LogP) is 2.60. The molecule has 5 heteroatoms. The molecule has 2 rings (SSSR count). The standard InChI is InChI=1S/C14H20BrNO3/c1-18-13-7-9(8-16)6-10(15)14(13)19-12-5-3-2-4-11(12)17/h6-7,11-12,17H,2-5,8,16H2,1H3. The molecule has 0 amide bonds. The fraction of sp³-hybridized carbons (Fsp3) is 0.571. The van der Waals surface area contributed by atoms with Crippen LogP contribution in [-0.4, -0.2) is 24.4 Å². The van der Waals surface area contributed by atoms with Gasteiger partial charge in [-0.05, 0) is 52.9 Å². The average Bonchev–Trinajstić information content (AvgIpc) is 2.42. The molecule has 0 heterocycles. The van der Waals surface area contributed by atoms with E-state index in [9.17, 15) is 5.11 Å². The summed E-state index contributed by atoms with van der Waals surface area (Å²) >= 11 is 3.48. The lowest BCUT2D eigenvalue weighted by atomic mass is 9.95. The van der Waals surface area contributed by atoms with Crippen LogP contribution in [0.4, 0.5) is 0 Å². The van der Waals surface area contributed by atoms with E-state index in [0.29, 0.717) is 18.0 Å². The minimum atomic E-state index is -0.403. The quantitative estimate of drug-likeness (QED) is 0.891. The maximum absolute atomic E-state index is 9.98. The molecular formula is C14H20BrNO3. The molecule has 0 saturated heterocycles. The number of halogens is 1. The maximum Gasteiger partial charge on any atom is 0.175 e. The molecule has 1 saturated carbocycles. The van der Waals surface area contributed by atoms with E-state index < -0.39 is 6.10 Å². The van der Waals surface area contributed by atoms with Gasteiger partial charge in [-0.2, -0.15) is 0 Å². The van der Waals surface area contributed by atoms with Gasteiger partial charge in [-0.3, -0.25) is 0 Å². The largest absolute Gasteiger partial charge is 0.493 e. The molecule has 0 spiro atoms. The number of rotatable bonds is 4. The molecule has 3 N–H and O–H groups in total. The summed E-state index contributed by atoms with van der Waals surface area (Å²) in [7, 11) is 1.60. The van der Waals surface area contributed by atoms with Crippen molar-refractivity contribution in [1.82, 2.24) is 0 Å². The molecule has 1 fully saturated rings. The summed E-state index contributed by atoms with van der Waals surface area (Å²) in [5.41, 5.74) is 6.61. The number of benzene rings is 1. The number of aliphatic hydroxyl groups excluding tert-OH is 1. The minimum Gasteiger partial charge on any atom is -0.493 e. The van der Waals surface area contributed by atoms with Gasteiger partial charge in [-0.25, -0.2) is 0 Å². The van der Waals surface area contributed by atoms with Crippen molar-refractivity contribution in [3.05, 3.63) is 22.2 Å². The van der Waals surface area contributed by atoms with Gasteiger partial charge < -0.3 is 20.3 Å². The van der Waals surface area contributed by atoms with E-state index in [2.05, 4.69) is 15.9 Å². The zero-order valence-corrected chi connectivity index (χ0v) is 12.6.